The normalized spacial score (nSPS) is 13.0. The number of aryl methyl sites for hydroxylation is 1. The van der Waals surface area contributed by atoms with Crippen molar-refractivity contribution in [3.63, 3.8) is 0 Å². The topological polar surface area (TPSA) is 93.3 Å². The van der Waals surface area contributed by atoms with Gasteiger partial charge in [0.1, 0.15) is 0 Å². The largest absolute Gasteiger partial charge is 0.419 e. The minimum absolute atomic E-state index is 0.298. The lowest BCUT2D eigenvalue weighted by Gasteiger charge is -2.17. The van der Waals surface area contributed by atoms with E-state index in [2.05, 4.69) is 10.6 Å². The molecule has 2 rings (SSSR count). The van der Waals surface area contributed by atoms with Gasteiger partial charge in [0.2, 0.25) is 0 Å². The second-order valence-electron chi connectivity index (χ2n) is 6.15. The van der Waals surface area contributed by atoms with Crippen molar-refractivity contribution in [3.8, 4) is 0 Å². The molecule has 23 heavy (non-hydrogen) atoms. The third-order valence-corrected chi connectivity index (χ3v) is 5.25. The number of benzene rings is 1. The zero-order valence-electron chi connectivity index (χ0n) is 13.6. The molecule has 0 unspecified atom stereocenters. The molecule has 8 heteroatoms. The molecular weight excluding hydrogens is 318 g/mol. The highest BCUT2D eigenvalue weighted by molar-refractivity contribution is 7.86. The van der Waals surface area contributed by atoms with Crippen LogP contribution in [0.4, 0.5) is 10.5 Å². The monoisotopic (exact) mass is 339 g/mol. The molecule has 7 nitrogen and oxygen atoms in total. The van der Waals surface area contributed by atoms with Crippen molar-refractivity contribution in [2.24, 2.45) is 7.05 Å². The Bertz CT molecular complexity index is 801. The van der Waals surface area contributed by atoms with Gasteiger partial charge in [0.25, 0.3) is 0 Å². The molecule has 2 N–H and O–H groups in total. The quantitative estimate of drug-likeness (QED) is 0.888. The van der Waals surface area contributed by atoms with E-state index in [4.69, 9.17) is 4.42 Å². The molecule has 1 aromatic carbocycles. The number of hydrogen-bond acceptors (Lipinski definition) is 4. The van der Waals surface area contributed by atoms with Crippen molar-refractivity contribution < 1.29 is 13.4 Å². The zero-order valence-corrected chi connectivity index (χ0v) is 14.5. The second-order valence-corrected chi connectivity index (χ2v) is 8.48. The van der Waals surface area contributed by atoms with Gasteiger partial charge < -0.3 is 15.1 Å². The van der Waals surface area contributed by atoms with Crippen LogP contribution in [0.2, 0.25) is 0 Å². The van der Waals surface area contributed by atoms with E-state index in [0.29, 0.717) is 29.1 Å². The highest BCUT2D eigenvalue weighted by atomic mass is 32.2. The zero-order chi connectivity index (χ0) is 17.2. The van der Waals surface area contributed by atoms with Crippen molar-refractivity contribution in [3.05, 3.63) is 28.7 Å². The first-order chi connectivity index (χ1) is 10.7. The smallest absolute Gasteiger partial charge is 0.408 e. The molecule has 0 spiro atoms. The van der Waals surface area contributed by atoms with Gasteiger partial charge in [-0.05, 0) is 32.9 Å². The number of amides is 2. The minimum Gasteiger partial charge on any atom is -0.408 e. The van der Waals surface area contributed by atoms with Gasteiger partial charge in [-0.1, -0.05) is 0 Å². The van der Waals surface area contributed by atoms with Gasteiger partial charge in [-0.25, -0.2) is 9.59 Å². The number of fused-ring (bicyclic) bond motifs is 1. The van der Waals surface area contributed by atoms with E-state index in [9.17, 15) is 13.8 Å². The molecule has 0 saturated heterocycles. The first kappa shape index (κ1) is 17.3. The van der Waals surface area contributed by atoms with Gasteiger partial charge in [-0.2, -0.15) is 0 Å². The Morgan fingerprint density at radius 1 is 1.35 bits per heavy atom. The van der Waals surface area contributed by atoms with Crippen LogP contribution < -0.4 is 16.4 Å². The van der Waals surface area contributed by atoms with Crippen LogP contribution in [-0.4, -0.2) is 31.9 Å². The second kappa shape index (κ2) is 6.57. The van der Waals surface area contributed by atoms with Crippen molar-refractivity contribution in [1.29, 1.82) is 0 Å². The van der Waals surface area contributed by atoms with E-state index in [0.717, 1.165) is 0 Å². The van der Waals surface area contributed by atoms with E-state index in [1.807, 2.05) is 20.8 Å². The SMILES string of the molecule is Cn1c(=O)oc2cc(NC(=O)NCC[S@](=O)C(C)(C)C)ccc21. The summed E-state index contributed by atoms with van der Waals surface area (Å²) in [6.07, 6.45) is 0. The molecule has 0 bridgehead atoms. The Hall–Kier alpha value is -2.09. The number of urea groups is 1. The molecule has 1 heterocycles. The van der Waals surface area contributed by atoms with Crippen molar-refractivity contribution >= 4 is 33.6 Å². The summed E-state index contributed by atoms with van der Waals surface area (Å²) in [5, 5.41) is 5.31. The number of nitrogens with zero attached hydrogens (tertiary/aromatic N) is 1. The molecule has 1 aromatic heterocycles. The molecule has 0 aliphatic carbocycles. The van der Waals surface area contributed by atoms with Crippen molar-refractivity contribution in [1.82, 2.24) is 9.88 Å². The number of hydrogen-bond donors (Lipinski definition) is 2. The van der Waals surface area contributed by atoms with Crippen molar-refractivity contribution in [2.75, 3.05) is 17.6 Å². The summed E-state index contributed by atoms with van der Waals surface area (Å²) in [5.74, 6) is -0.0602. The van der Waals surface area contributed by atoms with Gasteiger partial charge in [0.05, 0.1) is 5.52 Å². The molecule has 2 aromatic rings. The highest BCUT2D eigenvalue weighted by Gasteiger charge is 2.18. The molecule has 0 aliphatic rings. The number of carbonyl (C=O) groups excluding carboxylic acids is 1. The average molecular weight is 339 g/mol. The van der Waals surface area contributed by atoms with Gasteiger partial charge in [0, 0.05) is 46.6 Å². The van der Waals surface area contributed by atoms with Gasteiger partial charge >= 0.3 is 11.8 Å². The maximum absolute atomic E-state index is 11.9. The van der Waals surface area contributed by atoms with E-state index >= 15 is 0 Å². The first-order valence-corrected chi connectivity index (χ1v) is 8.53. The summed E-state index contributed by atoms with van der Waals surface area (Å²) in [4.78, 5) is 23.3. The fourth-order valence-electron chi connectivity index (χ4n) is 1.95. The molecule has 2 amide bonds. The number of anilines is 1. The Kier molecular flexibility index (Phi) is 4.93. The van der Waals surface area contributed by atoms with Gasteiger partial charge in [-0.15, -0.1) is 0 Å². The predicted molar refractivity (Wildman–Crippen MR) is 91.2 cm³/mol. The summed E-state index contributed by atoms with van der Waals surface area (Å²) in [6.45, 7) is 6.00. The van der Waals surface area contributed by atoms with E-state index in [1.165, 1.54) is 4.57 Å². The van der Waals surface area contributed by atoms with Crippen molar-refractivity contribution in [2.45, 2.75) is 25.5 Å². The van der Waals surface area contributed by atoms with Crippen LogP contribution in [0.15, 0.2) is 27.4 Å². The summed E-state index contributed by atoms with van der Waals surface area (Å²) >= 11 is 0. The summed E-state index contributed by atoms with van der Waals surface area (Å²) < 4.78 is 18.0. The third kappa shape index (κ3) is 4.22. The fraction of sp³-hybridized carbons (Fsp3) is 0.467. The Labute approximate surface area is 136 Å². The average Bonchev–Trinajstić information content (AvgIpc) is 2.72. The van der Waals surface area contributed by atoms with Crippen LogP contribution in [0.5, 0.6) is 0 Å². The molecular formula is C15H21N3O4S. The number of oxazole rings is 1. The summed E-state index contributed by atoms with van der Waals surface area (Å²) in [7, 11) is 0.601. The molecule has 0 saturated carbocycles. The molecule has 1 atom stereocenters. The van der Waals surface area contributed by atoms with Crippen LogP contribution in [0.1, 0.15) is 20.8 Å². The number of carbonyl (C=O) groups is 1. The first-order valence-electron chi connectivity index (χ1n) is 7.21. The molecule has 0 radical (unpaired) electrons. The minimum atomic E-state index is -1.01. The van der Waals surface area contributed by atoms with Gasteiger partial charge in [-0.3, -0.25) is 8.78 Å². The summed E-state index contributed by atoms with van der Waals surface area (Å²) in [5.41, 5.74) is 1.58. The fourth-order valence-corrected chi connectivity index (χ4v) is 2.85. The lowest BCUT2D eigenvalue weighted by Crippen LogP contribution is -2.35. The van der Waals surface area contributed by atoms with E-state index in [-0.39, 0.29) is 4.75 Å². The van der Waals surface area contributed by atoms with Crippen LogP contribution in [-0.2, 0) is 17.8 Å². The lowest BCUT2D eigenvalue weighted by molar-refractivity contribution is 0.252. The molecule has 126 valence electrons. The maximum Gasteiger partial charge on any atom is 0.419 e. The van der Waals surface area contributed by atoms with Crippen LogP contribution in [0.3, 0.4) is 0 Å². The maximum atomic E-state index is 11.9. The van der Waals surface area contributed by atoms with E-state index in [1.54, 1.807) is 25.2 Å². The standard InChI is InChI=1S/C15H21N3O4S/c1-15(2,3)23(21)8-7-16-13(19)17-10-5-6-11-12(9-10)22-14(20)18(11)4/h5-6,9H,7-8H2,1-4H3,(H2,16,17,19)/t23-/m0/s1. The number of aromatic nitrogens is 1. The third-order valence-electron chi connectivity index (χ3n) is 3.31. The van der Waals surface area contributed by atoms with Crippen LogP contribution in [0, 0.1) is 0 Å². The van der Waals surface area contributed by atoms with Gasteiger partial charge in [0.15, 0.2) is 5.58 Å². The van der Waals surface area contributed by atoms with Crippen LogP contribution in [0.25, 0.3) is 11.1 Å². The van der Waals surface area contributed by atoms with Crippen LogP contribution >= 0.6 is 0 Å². The Balaban J connectivity index is 1.93. The highest BCUT2D eigenvalue weighted by Crippen LogP contribution is 2.17. The number of rotatable bonds is 4. The summed E-state index contributed by atoms with van der Waals surface area (Å²) in [6, 6.07) is 4.58. The predicted octanol–water partition coefficient (Wildman–Crippen LogP) is 1.80. The molecule has 0 fully saturated rings. The Morgan fingerprint density at radius 2 is 2.04 bits per heavy atom. The molecule has 0 aliphatic heterocycles. The Morgan fingerprint density at radius 3 is 2.70 bits per heavy atom. The number of nitrogens with one attached hydrogen (secondary N) is 2. The lowest BCUT2D eigenvalue weighted by atomic mass is 10.3. The van der Waals surface area contributed by atoms with E-state index < -0.39 is 22.6 Å².